The fourth-order valence-corrected chi connectivity index (χ4v) is 3.49. The molecule has 0 unspecified atom stereocenters. The maximum absolute atomic E-state index is 12.4. The van der Waals surface area contributed by atoms with Crippen molar-refractivity contribution in [2.75, 3.05) is 10.5 Å². The molecule has 0 saturated carbocycles. The molecule has 0 aliphatic carbocycles. The third-order valence-corrected chi connectivity index (χ3v) is 4.65. The fraction of sp³-hybridized carbons (Fsp3) is 0.143. The lowest BCUT2D eigenvalue weighted by Crippen LogP contribution is -2.15. The molecular weight excluding hydrogens is 296 g/mol. The molecule has 0 atom stereocenters. The van der Waals surface area contributed by atoms with Gasteiger partial charge in [-0.1, -0.05) is 17.7 Å². The Balaban J connectivity index is 2.46. The van der Waals surface area contributed by atoms with Crippen LogP contribution in [0.25, 0.3) is 0 Å². The molecule has 0 fully saturated rings. The largest absolute Gasteiger partial charge is 0.398 e. The number of hydrogen-bond donors (Lipinski definition) is 2. The zero-order chi connectivity index (χ0) is 14.9. The molecule has 0 spiro atoms. The second kappa shape index (κ2) is 5.34. The fourth-order valence-electron chi connectivity index (χ4n) is 1.89. The molecule has 0 aromatic heterocycles. The van der Waals surface area contributed by atoms with Crippen LogP contribution >= 0.6 is 11.6 Å². The molecule has 3 N–H and O–H groups in total. The third-order valence-electron chi connectivity index (χ3n) is 2.91. The van der Waals surface area contributed by atoms with Crippen LogP contribution in [0.2, 0.25) is 5.02 Å². The minimum atomic E-state index is -3.69. The molecule has 4 nitrogen and oxygen atoms in total. The topological polar surface area (TPSA) is 72.2 Å². The quantitative estimate of drug-likeness (QED) is 0.854. The van der Waals surface area contributed by atoms with Crippen molar-refractivity contribution in [3.8, 4) is 0 Å². The van der Waals surface area contributed by atoms with Gasteiger partial charge in [-0.25, -0.2) is 8.42 Å². The van der Waals surface area contributed by atoms with Gasteiger partial charge in [0.1, 0.15) is 0 Å². The van der Waals surface area contributed by atoms with E-state index in [1.54, 1.807) is 50.2 Å². The van der Waals surface area contributed by atoms with Crippen LogP contribution in [0.5, 0.6) is 0 Å². The lowest BCUT2D eigenvalue weighted by molar-refractivity contribution is 0.600. The average molecular weight is 311 g/mol. The number of nitrogens with two attached hydrogens (primary N) is 1. The number of nitrogens with one attached hydrogen (secondary N) is 1. The molecule has 2 aromatic carbocycles. The van der Waals surface area contributed by atoms with Gasteiger partial charge < -0.3 is 5.73 Å². The van der Waals surface area contributed by atoms with E-state index >= 15 is 0 Å². The van der Waals surface area contributed by atoms with Gasteiger partial charge in [0.15, 0.2) is 0 Å². The highest BCUT2D eigenvalue weighted by atomic mass is 35.5. The summed E-state index contributed by atoms with van der Waals surface area (Å²) in [4.78, 5) is 0.176. The van der Waals surface area contributed by atoms with Crippen molar-refractivity contribution in [2.24, 2.45) is 0 Å². The monoisotopic (exact) mass is 310 g/mol. The van der Waals surface area contributed by atoms with Crippen molar-refractivity contribution < 1.29 is 8.42 Å². The highest BCUT2D eigenvalue weighted by Crippen LogP contribution is 2.25. The predicted molar refractivity (Wildman–Crippen MR) is 82.6 cm³/mol. The van der Waals surface area contributed by atoms with Gasteiger partial charge >= 0.3 is 0 Å². The van der Waals surface area contributed by atoms with Crippen LogP contribution in [-0.4, -0.2) is 8.42 Å². The molecule has 0 saturated heterocycles. The van der Waals surface area contributed by atoms with E-state index in [0.29, 0.717) is 22.0 Å². The highest BCUT2D eigenvalue weighted by Gasteiger charge is 2.19. The Bertz CT molecular complexity index is 758. The molecular formula is C14H15ClN2O2S. The summed E-state index contributed by atoms with van der Waals surface area (Å²) in [6.45, 7) is 3.48. The third kappa shape index (κ3) is 3.05. The van der Waals surface area contributed by atoms with Gasteiger partial charge in [-0.2, -0.15) is 0 Å². The molecule has 2 aromatic rings. The normalized spacial score (nSPS) is 11.3. The Labute approximate surface area is 123 Å². The minimum absolute atomic E-state index is 0.176. The van der Waals surface area contributed by atoms with Crippen molar-refractivity contribution in [3.05, 3.63) is 52.5 Å². The summed E-state index contributed by atoms with van der Waals surface area (Å²) in [6.07, 6.45) is 0. The molecule has 0 aliphatic rings. The number of aryl methyl sites for hydroxylation is 1. The lowest BCUT2D eigenvalue weighted by atomic mass is 10.1. The second-order valence-electron chi connectivity index (χ2n) is 4.59. The number of anilines is 2. The van der Waals surface area contributed by atoms with Crippen LogP contribution in [0.4, 0.5) is 11.4 Å². The zero-order valence-electron chi connectivity index (χ0n) is 11.1. The Hall–Kier alpha value is -1.72. The summed E-state index contributed by atoms with van der Waals surface area (Å²) in [5, 5.41) is 0.464. The second-order valence-corrected chi connectivity index (χ2v) is 6.68. The van der Waals surface area contributed by atoms with Gasteiger partial charge in [-0.05, 0) is 55.3 Å². The Kier molecular flexibility index (Phi) is 3.92. The molecule has 6 heteroatoms. The molecule has 106 valence electrons. The number of hydrogen-bond acceptors (Lipinski definition) is 3. The van der Waals surface area contributed by atoms with Crippen molar-refractivity contribution >= 4 is 33.0 Å². The van der Waals surface area contributed by atoms with Crippen LogP contribution in [0.1, 0.15) is 11.1 Å². The van der Waals surface area contributed by atoms with Gasteiger partial charge in [0.25, 0.3) is 10.0 Å². The van der Waals surface area contributed by atoms with Crippen LogP contribution in [0.15, 0.2) is 41.3 Å². The molecule has 0 amide bonds. The van der Waals surface area contributed by atoms with E-state index in [1.165, 1.54) is 0 Å². The van der Waals surface area contributed by atoms with Gasteiger partial charge in [0.05, 0.1) is 10.6 Å². The SMILES string of the molecule is Cc1cc(N)c(C)c(S(=O)(=O)Nc2cccc(Cl)c2)c1. The smallest absolute Gasteiger partial charge is 0.262 e. The van der Waals surface area contributed by atoms with Crippen LogP contribution in [0, 0.1) is 13.8 Å². The Morgan fingerprint density at radius 3 is 2.50 bits per heavy atom. The van der Waals surface area contributed by atoms with E-state index in [1.807, 2.05) is 0 Å². The van der Waals surface area contributed by atoms with Gasteiger partial charge in [-0.15, -0.1) is 0 Å². The molecule has 0 bridgehead atoms. The number of rotatable bonds is 3. The summed E-state index contributed by atoms with van der Waals surface area (Å²) in [5.74, 6) is 0. The molecule has 0 aliphatic heterocycles. The maximum atomic E-state index is 12.4. The molecule has 2 rings (SSSR count). The summed E-state index contributed by atoms with van der Waals surface area (Å²) >= 11 is 5.85. The summed E-state index contributed by atoms with van der Waals surface area (Å²) in [5.41, 5.74) is 8.02. The lowest BCUT2D eigenvalue weighted by Gasteiger charge is -2.13. The van der Waals surface area contributed by atoms with E-state index in [4.69, 9.17) is 17.3 Å². The van der Waals surface area contributed by atoms with Gasteiger partial charge in [0, 0.05) is 10.7 Å². The van der Waals surface area contributed by atoms with E-state index in [9.17, 15) is 8.42 Å². The first kappa shape index (κ1) is 14.7. The Morgan fingerprint density at radius 1 is 1.15 bits per heavy atom. The first-order chi connectivity index (χ1) is 9.29. The average Bonchev–Trinajstić information content (AvgIpc) is 2.33. The molecule has 0 radical (unpaired) electrons. The van der Waals surface area contributed by atoms with E-state index in [-0.39, 0.29) is 4.90 Å². The molecule has 20 heavy (non-hydrogen) atoms. The minimum Gasteiger partial charge on any atom is -0.398 e. The van der Waals surface area contributed by atoms with Gasteiger partial charge in [-0.3, -0.25) is 4.72 Å². The number of benzene rings is 2. The van der Waals surface area contributed by atoms with Crippen LogP contribution in [-0.2, 0) is 10.0 Å². The van der Waals surface area contributed by atoms with Crippen LogP contribution in [0.3, 0.4) is 0 Å². The van der Waals surface area contributed by atoms with Crippen molar-refractivity contribution in [2.45, 2.75) is 18.7 Å². The van der Waals surface area contributed by atoms with Gasteiger partial charge in [0.2, 0.25) is 0 Å². The number of nitrogen functional groups attached to an aromatic ring is 1. The summed E-state index contributed by atoms with van der Waals surface area (Å²) in [6, 6.07) is 9.88. The van der Waals surface area contributed by atoms with Crippen LogP contribution < -0.4 is 10.5 Å². The summed E-state index contributed by atoms with van der Waals surface area (Å²) < 4.78 is 27.4. The van der Waals surface area contributed by atoms with Crippen molar-refractivity contribution in [1.82, 2.24) is 0 Å². The van der Waals surface area contributed by atoms with Crippen molar-refractivity contribution in [1.29, 1.82) is 0 Å². The number of halogens is 1. The van der Waals surface area contributed by atoms with E-state index < -0.39 is 10.0 Å². The first-order valence-electron chi connectivity index (χ1n) is 5.95. The van der Waals surface area contributed by atoms with Crippen molar-refractivity contribution in [3.63, 3.8) is 0 Å². The number of sulfonamides is 1. The Morgan fingerprint density at radius 2 is 1.85 bits per heavy atom. The first-order valence-corrected chi connectivity index (χ1v) is 7.81. The van der Waals surface area contributed by atoms with E-state index in [0.717, 1.165) is 5.56 Å². The zero-order valence-corrected chi connectivity index (χ0v) is 12.7. The summed E-state index contributed by atoms with van der Waals surface area (Å²) in [7, 11) is -3.69. The molecule has 0 heterocycles. The predicted octanol–water partition coefficient (Wildman–Crippen LogP) is 3.34. The highest BCUT2D eigenvalue weighted by molar-refractivity contribution is 7.92. The van der Waals surface area contributed by atoms with E-state index in [2.05, 4.69) is 4.72 Å². The maximum Gasteiger partial charge on any atom is 0.262 e. The standard InChI is InChI=1S/C14H15ClN2O2S/c1-9-6-13(16)10(2)14(7-9)20(18,19)17-12-5-3-4-11(15)8-12/h3-8,17H,16H2,1-2H3.